The first-order valence-electron chi connectivity index (χ1n) is 9.99. The number of carbonyl (C=O) groups excluding carboxylic acids is 1. The fourth-order valence-corrected chi connectivity index (χ4v) is 4.32. The summed E-state index contributed by atoms with van der Waals surface area (Å²) in [4.78, 5) is 13.0. The van der Waals surface area contributed by atoms with Gasteiger partial charge in [0.05, 0.1) is 22.1 Å². The molecular weight excluding hydrogens is 578 g/mol. The number of nitrogens with zero attached hydrogens (tertiary/aromatic N) is 1. The highest BCUT2D eigenvalue weighted by Crippen LogP contribution is 2.34. The number of carbonyl (C=O) groups is 1. The van der Waals surface area contributed by atoms with E-state index in [-0.39, 0.29) is 24.1 Å². The molecule has 0 aliphatic carbocycles. The molecular formula is C24H21ClFIN2O3S. The maximum Gasteiger partial charge on any atom is 0.250 e. The summed E-state index contributed by atoms with van der Waals surface area (Å²) >= 11 is 9.39. The molecule has 0 aromatic heterocycles. The number of hydrogen-bond donors (Lipinski definition) is 1. The number of hydrazone groups is 1. The standard InChI is InChI=1S/C24H21ClFIN2O3S/c1-2-31-22-12-16(11-21(27)24(22)32-14-17-5-3-4-6-20(17)26)13-28-29-23(30)15-33-19-9-7-18(25)8-10-19/h3-13H,2,14-15H2,1H3,(H,29,30)/b28-13-. The number of halogens is 3. The molecule has 0 bridgehead atoms. The molecule has 172 valence electrons. The van der Waals surface area contributed by atoms with E-state index in [4.69, 9.17) is 21.1 Å². The van der Waals surface area contributed by atoms with Crippen LogP contribution in [0.4, 0.5) is 4.39 Å². The van der Waals surface area contributed by atoms with Crippen LogP contribution in [0.3, 0.4) is 0 Å². The quantitative estimate of drug-likeness (QED) is 0.129. The third kappa shape index (κ3) is 7.90. The molecule has 3 aromatic carbocycles. The molecule has 1 amide bonds. The number of amides is 1. The lowest BCUT2D eigenvalue weighted by atomic mass is 10.2. The highest BCUT2D eigenvalue weighted by atomic mass is 127. The van der Waals surface area contributed by atoms with E-state index < -0.39 is 0 Å². The Bertz CT molecular complexity index is 1130. The van der Waals surface area contributed by atoms with Crippen molar-refractivity contribution in [1.82, 2.24) is 5.43 Å². The minimum Gasteiger partial charge on any atom is -0.490 e. The van der Waals surface area contributed by atoms with Gasteiger partial charge in [-0.1, -0.05) is 29.8 Å². The van der Waals surface area contributed by atoms with E-state index in [1.54, 1.807) is 36.4 Å². The molecule has 0 aliphatic rings. The summed E-state index contributed by atoms with van der Waals surface area (Å²) in [7, 11) is 0. The van der Waals surface area contributed by atoms with E-state index in [1.165, 1.54) is 24.0 Å². The SMILES string of the molecule is CCOc1cc(/C=N\NC(=O)CSc2ccc(Cl)cc2)cc(I)c1OCc1ccccc1F. The van der Waals surface area contributed by atoms with Crippen LogP contribution in [0, 0.1) is 9.39 Å². The van der Waals surface area contributed by atoms with Gasteiger partial charge < -0.3 is 9.47 Å². The lowest BCUT2D eigenvalue weighted by Crippen LogP contribution is -2.19. The molecule has 0 fully saturated rings. The van der Waals surface area contributed by atoms with Gasteiger partial charge in [-0.25, -0.2) is 9.82 Å². The first-order valence-corrected chi connectivity index (χ1v) is 12.4. The molecule has 0 spiro atoms. The monoisotopic (exact) mass is 598 g/mol. The molecule has 3 rings (SSSR count). The zero-order valence-electron chi connectivity index (χ0n) is 17.7. The molecule has 0 aliphatic heterocycles. The average molecular weight is 599 g/mol. The number of nitrogens with one attached hydrogen (secondary N) is 1. The van der Waals surface area contributed by atoms with Crippen LogP contribution in [-0.2, 0) is 11.4 Å². The Morgan fingerprint density at radius 2 is 1.94 bits per heavy atom. The Labute approximate surface area is 214 Å². The molecule has 0 radical (unpaired) electrons. The van der Waals surface area contributed by atoms with Gasteiger partial charge in [-0.15, -0.1) is 11.8 Å². The molecule has 33 heavy (non-hydrogen) atoms. The van der Waals surface area contributed by atoms with Crippen molar-refractivity contribution in [3.8, 4) is 11.5 Å². The molecule has 0 saturated heterocycles. The highest BCUT2D eigenvalue weighted by Gasteiger charge is 2.13. The van der Waals surface area contributed by atoms with E-state index in [0.717, 1.165) is 14.0 Å². The van der Waals surface area contributed by atoms with Gasteiger partial charge in [0, 0.05) is 15.5 Å². The number of thioether (sulfide) groups is 1. The zero-order chi connectivity index (χ0) is 23.6. The van der Waals surface area contributed by atoms with Crippen LogP contribution in [0.25, 0.3) is 0 Å². The molecule has 0 atom stereocenters. The van der Waals surface area contributed by atoms with Crippen LogP contribution in [0.2, 0.25) is 5.02 Å². The molecule has 0 heterocycles. The number of benzene rings is 3. The summed E-state index contributed by atoms with van der Waals surface area (Å²) in [5, 5.41) is 4.69. The van der Waals surface area contributed by atoms with Crippen LogP contribution in [0.1, 0.15) is 18.1 Å². The van der Waals surface area contributed by atoms with Gasteiger partial charge in [-0.3, -0.25) is 4.79 Å². The Hall–Kier alpha value is -2.30. The Balaban J connectivity index is 1.61. The average Bonchev–Trinajstić information content (AvgIpc) is 2.79. The van der Waals surface area contributed by atoms with Crippen LogP contribution >= 0.6 is 46.0 Å². The molecule has 0 unspecified atom stereocenters. The summed E-state index contributed by atoms with van der Waals surface area (Å²) in [6.45, 7) is 2.38. The number of rotatable bonds is 10. The van der Waals surface area contributed by atoms with Crippen molar-refractivity contribution in [2.24, 2.45) is 5.10 Å². The lowest BCUT2D eigenvalue weighted by molar-refractivity contribution is -0.118. The van der Waals surface area contributed by atoms with Gasteiger partial charge in [-0.2, -0.15) is 5.10 Å². The summed E-state index contributed by atoms with van der Waals surface area (Å²) in [5.41, 5.74) is 3.71. The van der Waals surface area contributed by atoms with Crippen LogP contribution in [0.15, 0.2) is 70.7 Å². The Morgan fingerprint density at radius 3 is 2.67 bits per heavy atom. The van der Waals surface area contributed by atoms with Crippen molar-refractivity contribution >= 4 is 58.1 Å². The van der Waals surface area contributed by atoms with Crippen molar-refractivity contribution in [3.05, 3.63) is 86.2 Å². The van der Waals surface area contributed by atoms with Gasteiger partial charge in [-0.05, 0) is 77.5 Å². The predicted molar refractivity (Wildman–Crippen MR) is 139 cm³/mol. The first-order chi connectivity index (χ1) is 16.0. The fourth-order valence-electron chi connectivity index (χ4n) is 2.72. The van der Waals surface area contributed by atoms with E-state index in [9.17, 15) is 9.18 Å². The first kappa shape index (κ1) is 25.3. The highest BCUT2D eigenvalue weighted by molar-refractivity contribution is 14.1. The second kappa shape index (κ2) is 12.8. The lowest BCUT2D eigenvalue weighted by Gasteiger charge is -2.15. The van der Waals surface area contributed by atoms with Gasteiger partial charge in [0.1, 0.15) is 12.4 Å². The molecule has 3 aromatic rings. The molecule has 5 nitrogen and oxygen atoms in total. The largest absolute Gasteiger partial charge is 0.490 e. The summed E-state index contributed by atoms with van der Waals surface area (Å²) < 4.78 is 26.3. The van der Waals surface area contributed by atoms with Gasteiger partial charge >= 0.3 is 0 Å². The van der Waals surface area contributed by atoms with Crippen molar-refractivity contribution in [1.29, 1.82) is 0 Å². The number of hydrogen-bond acceptors (Lipinski definition) is 5. The molecule has 1 N–H and O–H groups in total. The summed E-state index contributed by atoms with van der Waals surface area (Å²) in [6, 6.07) is 17.4. The zero-order valence-corrected chi connectivity index (χ0v) is 21.4. The van der Waals surface area contributed by atoms with Crippen molar-refractivity contribution in [3.63, 3.8) is 0 Å². The van der Waals surface area contributed by atoms with Crippen LogP contribution in [0.5, 0.6) is 11.5 Å². The van der Waals surface area contributed by atoms with Gasteiger partial charge in [0.25, 0.3) is 0 Å². The normalized spacial score (nSPS) is 10.9. The molecule has 0 saturated carbocycles. The summed E-state index contributed by atoms with van der Waals surface area (Å²) in [5.74, 6) is 0.729. The maximum atomic E-state index is 13.9. The summed E-state index contributed by atoms with van der Waals surface area (Å²) in [6.07, 6.45) is 1.54. The second-order valence-corrected chi connectivity index (χ2v) is 9.33. The fraction of sp³-hybridized carbons (Fsp3) is 0.167. The minimum absolute atomic E-state index is 0.0809. The molecule has 9 heteroatoms. The van der Waals surface area contributed by atoms with Gasteiger partial charge in [0.15, 0.2) is 11.5 Å². The van der Waals surface area contributed by atoms with E-state index >= 15 is 0 Å². The second-order valence-electron chi connectivity index (χ2n) is 6.68. The van der Waals surface area contributed by atoms with Crippen LogP contribution < -0.4 is 14.9 Å². The third-order valence-electron chi connectivity index (χ3n) is 4.25. The van der Waals surface area contributed by atoms with Gasteiger partial charge in [0.2, 0.25) is 5.91 Å². The maximum absolute atomic E-state index is 13.9. The van der Waals surface area contributed by atoms with Crippen molar-refractivity contribution in [2.45, 2.75) is 18.4 Å². The third-order valence-corrected chi connectivity index (χ3v) is 6.31. The van der Waals surface area contributed by atoms with Crippen LogP contribution in [-0.4, -0.2) is 24.5 Å². The Kier molecular flexibility index (Phi) is 9.83. The van der Waals surface area contributed by atoms with Crippen molar-refractivity contribution < 1.29 is 18.7 Å². The minimum atomic E-state index is -0.320. The smallest absolute Gasteiger partial charge is 0.250 e. The van der Waals surface area contributed by atoms with E-state index in [0.29, 0.717) is 28.7 Å². The van der Waals surface area contributed by atoms with E-state index in [1.807, 2.05) is 25.1 Å². The number of ether oxygens (including phenoxy) is 2. The van der Waals surface area contributed by atoms with E-state index in [2.05, 4.69) is 33.1 Å². The predicted octanol–water partition coefficient (Wildman–Crippen LogP) is 6.30. The Morgan fingerprint density at radius 1 is 1.18 bits per heavy atom. The van der Waals surface area contributed by atoms with Crippen molar-refractivity contribution in [2.75, 3.05) is 12.4 Å². The topological polar surface area (TPSA) is 59.9 Å².